The Balaban J connectivity index is 1.82. The largest absolute Gasteiger partial charge is 0.493 e. The molecule has 4 rings (SSSR count). The van der Waals surface area contributed by atoms with Gasteiger partial charge in [0, 0.05) is 17.6 Å². The van der Waals surface area contributed by atoms with E-state index in [0.717, 1.165) is 35.4 Å². The van der Waals surface area contributed by atoms with Crippen LogP contribution in [0.25, 0.3) is 0 Å². The second kappa shape index (κ2) is 7.73. The van der Waals surface area contributed by atoms with E-state index >= 15 is 0 Å². The van der Waals surface area contributed by atoms with E-state index in [0.29, 0.717) is 6.04 Å². The summed E-state index contributed by atoms with van der Waals surface area (Å²) >= 11 is 6.36. The van der Waals surface area contributed by atoms with Gasteiger partial charge >= 0.3 is 0 Å². The monoisotopic (exact) mass is 385 g/mol. The van der Waals surface area contributed by atoms with Crippen LogP contribution >= 0.6 is 11.6 Å². The highest BCUT2D eigenvalue weighted by Crippen LogP contribution is 2.44. The number of nitrogens with zero attached hydrogens (tertiary/aromatic N) is 1. The molecule has 1 heterocycles. The fourth-order valence-corrected chi connectivity index (χ4v) is 5.08. The molecule has 0 N–H and O–H groups in total. The van der Waals surface area contributed by atoms with Crippen molar-refractivity contribution in [3.8, 4) is 11.5 Å². The quantitative estimate of drug-likeness (QED) is 0.694. The second-order valence-electron chi connectivity index (χ2n) is 7.92. The molecular formula is C23H28ClNO2. The molecule has 0 saturated heterocycles. The summed E-state index contributed by atoms with van der Waals surface area (Å²) in [6.07, 6.45) is 4.92. The minimum Gasteiger partial charge on any atom is -0.493 e. The van der Waals surface area contributed by atoms with Gasteiger partial charge in [0.25, 0.3) is 0 Å². The summed E-state index contributed by atoms with van der Waals surface area (Å²) in [6, 6.07) is 13.5. The number of fused-ring (bicyclic) bond motifs is 1. The number of methoxy groups -OCH3 is 2. The van der Waals surface area contributed by atoms with Crippen LogP contribution in [0.3, 0.4) is 0 Å². The zero-order valence-electron chi connectivity index (χ0n) is 16.4. The third-order valence-electron chi connectivity index (χ3n) is 6.21. The normalized spacial score (nSPS) is 25.3. The Kier molecular flexibility index (Phi) is 5.34. The van der Waals surface area contributed by atoms with Crippen LogP contribution in [0.1, 0.15) is 48.9 Å². The van der Waals surface area contributed by atoms with Crippen LogP contribution in [0.5, 0.6) is 11.5 Å². The van der Waals surface area contributed by atoms with Crippen molar-refractivity contribution in [1.82, 2.24) is 4.90 Å². The Labute approximate surface area is 167 Å². The lowest BCUT2D eigenvalue weighted by Gasteiger charge is -2.42. The maximum Gasteiger partial charge on any atom is 0.161 e. The fourth-order valence-electron chi connectivity index (χ4n) is 4.88. The molecule has 2 aromatic rings. The highest BCUT2D eigenvalue weighted by Gasteiger charge is 2.37. The molecule has 0 aromatic heterocycles. The summed E-state index contributed by atoms with van der Waals surface area (Å²) in [5, 5.41) is 0.792. The number of halogens is 1. The predicted molar refractivity (Wildman–Crippen MR) is 110 cm³/mol. The van der Waals surface area contributed by atoms with Crippen LogP contribution in [-0.2, 0) is 6.42 Å². The summed E-state index contributed by atoms with van der Waals surface area (Å²) in [7, 11) is 3.41. The van der Waals surface area contributed by atoms with Gasteiger partial charge in [-0.25, -0.2) is 0 Å². The lowest BCUT2D eigenvalue weighted by atomic mass is 9.86. The van der Waals surface area contributed by atoms with Gasteiger partial charge in [0.05, 0.1) is 20.3 Å². The number of hydrogen-bond donors (Lipinski definition) is 0. The van der Waals surface area contributed by atoms with Crippen molar-refractivity contribution in [2.75, 3.05) is 20.8 Å². The van der Waals surface area contributed by atoms with Crippen molar-refractivity contribution in [2.45, 2.75) is 44.7 Å². The Morgan fingerprint density at radius 2 is 1.81 bits per heavy atom. The first-order valence-electron chi connectivity index (χ1n) is 9.86. The molecule has 0 bridgehead atoms. The van der Waals surface area contributed by atoms with E-state index in [4.69, 9.17) is 21.1 Å². The van der Waals surface area contributed by atoms with Gasteiger partial charge in [-0.15, -0.1) is 0 Å². The molecule has 2 aliphatic rings. The zero-order valence-corrected chi connectivity index (χ0v) is 17.1. The van der Waals surface area contributed by atoms with Crippen LogP contribution in [0.2, 0.25) is 5.02 Å². The van der Waals surface area contributed by atoms with Crippen molar-refractivity contribution in [1.29, 1.82) is 0 Å². The molecular weight excluding hydrogens is 358 g/mol. The van der Waals surface area contributed by atoms with Gasteiger partial charge in [-0.1, -0.05) is 30.7 Å². The van der Waals surface area contributed by atoms with Crippen molar-refractivity contribution in [3.05, 3.63) is 58.1 Å². The van der Waals surface area contributed by atoms with Crippen LogP contribution in [0.15, 0.2) is 36.4 Å². The van der Waals surface area contributed by atoms with E-state index in [1.54, 1.807) is 14.2 Å². The summed E-state index contributed by atoms with van der Waals surface area (Å²) in [5.41, 5.74) is 3.93. The lowest BCUT2D eigenvalue weighted by Crippen LogP contribution is -2.42. The molecule has 3 nitrogen and oxygen atoms in total. The topological polar surface area (TPSA) is 21.7 Å². The van der Waals surface area contributed by atoms with Gasteiger partial charge in [-0.05, 0) is 72.6 Å². The first kappa shape index (κ1) is 18.6. The third-order valence-corrected chi connectivity index (χ3v) is 6.45. The molecule has 0 unspecified atom stereocenters. The summed E-state index contributed by atoms with van der Waals surface area (Å²) in [4.78, 5) is 2.70. The van der Waals surface area contributed by atoms with E-state index in [1.165, 1.54) is 36.0 Å². The van der Waals surface area contributed by atoms with Crippen molar-refractivity contribution >= 4 is 11.6 Å². The molecule has 0 amide bonds. The van der Waals surface area contributed by atoms with Gasteiger partial charge in [-0.2, -0.15) is 0 Å². The molecule has 0 spiro atoms. The number of ether oxygens (including phenoxy) is 2. The fraction of sp³-hybridized carbons (Fsp3) is 0.478. The molecule has 2 aromatic carbocycles. The van der Waals surface area contributed by atoms with Gasteiger partial charge in [0.1, 0.15) is 0 Å². The first-order valence-corrected chi connectivity index (χ1v) is 10.2. The number of hydrogen-bond acceptors (Lipinski definition) is 3. The SMILES string of the molecule is COc1cc2c(cc1OC)[C@H](c1cccc(Cl)c1)N([C@H]1CC[C@H](C)C1)CC2. The molecule has 0 radical (unpaired) electrons. The smallest absolute Gasteiger partial charge is 0.161 e. The zero-order chi connectivity index (χ0) is 19.0. The Morgan fingerprint density at radius 1 is 1.04 bits per heavy atom. The lowest BCUT2D eigenvalue weighted by molar-refractivity contribution is 0.145. The molecule has 1 fully saturated rings. The van der Waals surface area contributed by atoms with Crippen molar-refractivity contribution < 1.29 is 9.47 Å². The standard InChI is InChI=1S/C23H28ClNO2/c1-15-7-8-19(11-15)25-10-9-16-13-21(26-2)22(27-3)14-20(16)23(25)17-5-4-6-18(24)12-17/h4-6,12-15,19,23H,7-11H2,1-3H3/t15-,19-,23-/m0/s1. The van der Waals surface area contributed by atoms with E-state index in [9.17, 15) is 0 Å². The highest BCUT2D eigenvalue weighted by molar-refractivity contribution is 6.30. The summed E-state index contributed by atoms with van der Waals surface area (Å²) in [5.74, 6) is 2.41. The van der Waals surface area contributed by atoms with Crippen LogP contribution in [0.4, 0.5) is 0 Å². The Hall–Kier alpha value is -1.71. The molecule has 144 valence electrons. The highest BCUT2D eigenvalue weighted by atomic mass is 35.5. The molecule has 1 saturated carbocycles. The average molecular weight is 386 g/mol. The van der Waals surface area contributed by atoms with Gasteiger partial charge in [0.2, 0.25) is 0 Å². The van der Waals surface area contributed by atoms with Crippen molar-refractivity contribution in [2.24, 2.45) is 5.92 Å². The van der Waals surface area contributed by atoms with Crippen LogP contribution in [0, 0.1) is 5.92 Å². The molecule has 1 aliphatic carbocycles. The first-order chi connectivity index (χ1) is 13.1. The maximum absolute atomic E-state index is 6.36. The minimum absolute atomic E-state index is 0.211. The Bertz CT molecular complexity index is 822. The Morgan fingerprint density at radius 3 is 2.48 bits per heavy atom. The third kappa shape index (κ3) is 3.55. The van der Waals surface area contributed by atoms with E-state index < -0.39 is 0 Å². The van der Waals surface area contributed by atoms with Gasteiger partial charge < -0.3 is 9.47 Å². The van der Waals surface area contributed by atoms with Crippen LogP contribution < -0.4 is 9.47 Å². The summed E-state index contributed by atoms with van der Waals surface area (Å²) < 4.78 is 11.2. The van der Waals surface area contributed by atoms with Gasteiger partial charge in [-0.3, -0.25) is 4.90 Å². The van der Waals surface area contributed by atoms with Crippen LogP contribution in [-0.4, -0.2) is 31.7 Å². The second-order valence-corrected chi connectivity index (χ2v) is 8.36. The van der Waals surface area contributed by atoms with E-state index in [2.05, 4.69) is 42.2 Å². The molecule has 3 atom stereocenters. The van der Waals surface area contributed by atoms with E-state index in [1.807, 2.05) is 6.07 Å². The molecule has 4 heteroatoms. The number of benzene rings is 2. The van der Waals surface area contributed by atoms with Gasteiger partial charge in [0.15, 0.2) is 11.5 Å². The van der Waals surface area contributed by atoms with E-state index in [-0.39, 0.29) is 6.04 Å². The predicted octanol–water partition coefficient (Wildman–Crippen LogP) is 5.49. The number of rotatable bonds is 4. The maximum atomic E-state index is 6.36. The minimum atomic E-state index is 0.211. The summed E-state index contributed by atoms with van der Waals surface area (Å²) in [6.45, 7) is 3.44. The molecule has 27 heavy (non-hydrogen) atoms. The average Bonchev–Trinajstić information content (AvgIpc) is 3.12. The van der Waals surface area contributed by atoms with Crippen molar-refractivity contribution in [3.63, 3.8) is 0 Å². The molecule has 1 aliphatic heterocycles.